The number of aromatic nitrogens is 1. The molecule has 1 amide bonds. The summed E-state index contributed by atoms with van der Waals surface area (Å²) in [6, 6.07) is 8.56. The maximum Gasteiger partial charge on any atom is 0.260 e. The Kier molecular flexibility index (Phi) is 3.75. The van der Waals surface area contributed by atoms with Crippen molar-refractivity contribution >= 4 is 5.91 Å². The van der Waals surface area contributed by atoms with Crippen LogP contribution in [0.5, 0.6) is 0 Å². The zero-order valence-electron chi connectivity index (χ0n) is 10.3. The predicted octanol–water partition coefficient (Wildman–Crippen LogP) is 2.00. The summed E-state index contributed by atoms with van der Waals surface area (Å²) in [6.07, 6.45) is 1.46. The molecule has 19 heavy (non-hydrogen) atoms. The minimum Gasteiger partial charge on any atom is -0.345 e. The second kappa shape index (κ2) is 5.48. The summed E-state index contributed by atoms with van der Waals surface area (Å²) < 4.78 is 12.8. The van der Waals surface area contributed by atoms with E-state index in [2.05, 4.69) is 10.3 Å². The van der Waals surface area contributed by atoms with E-state index in [9.17, 15) is 14.0 Å². The maximum atomic E-state index is 12.8. The van der Waals surface area contributed by atoms with Crippen LogP contribution in [0.25, 0.3) is 0 Å². The highest BCUT2D eigenvalue weighted by atomic mass is 19.1. The van der Waals surface area contributed by atoms with Gasteiger partial charge < -0.3 is 10.3 Å². The van der Waals surface area contributed by atoms with Crippen molar-refractivity contribution in [2.45, 2.75) is 13.0 Å². The number of rotatable bonds is 3. The number of pyridine rings is 1. The number of amides is 1. The summed E-state index contributed by atoms with van der Waals surface area (Å²) >= 11 is 0. The molecule has 1 aromatic carbocycles. The molecule has 2 rings (SSSR count). The lowest BCUT2D eigenvalue weighted by molar-refractivity contribution is 0.0938. The van der Waals surface area contributed by atoms with E-state index in [1.165, 1.54) is 24.4 Å². The van der Waals surface area contributed by atoms with Crippen LogP contribution in [0.3, 0.4) is 0 Å². The predicted molar refractivity (Wildman–Crippen MR) is 69.3 cm³/mol. The van der Waals surface area contributed by atoms with Crippen molar-refractivity contribution < 1.29 is 9.18 Å². The number of aromatic amines is 1. The van der Waals surface area contributed by atoms with Gasteiger partial charge in [-0.15, -0.1) is 0 Å². The highest BCUT2D eigenvalue weighted by Gasteiger charge is 2.13. The van der Waals surface area contributed by atoms with Gasteiger partial charge in [0.15, 0.2) is 0 Å². The first-order chi connectivity index (χ1) is 9.08. The molecule has 0 saturated heterocycles. The molecule has 0 spiro atoms. The van der Waals surface area contributed by atoms with E-state index in [0.717, 1.165) is 5.56 Å². The lowest BCUT2D eigenvalue weighted by Gasteiger charge is -2.13. The van der Waals surface area contributed by atoms with Crippen LogP contribution in [0.15, 0.2) is 47.4 Å². The van der Waals surface area contributed by atoms with Crippen molar-refractivity contribution in [2.24, 2.45) is 0 Å². The van der Waals surface area contributed by atoms with E-state index >= 15 is 0 Å². The van der Waals surface area contributed by atoms with Gasteiger partial charge in [0.2, 0.25) is 0 Å². The molecule has 0 radical (unpaired) electrons. The first kappa shape index (κ1) is 13.0. The largest absolute Gasteiger partial charge is 0.345 e. The first-order valence-electron chi connectivity index (χ1n) is 5.82. The first-order valence-corrected chi connectivity index (χ1v) is 5.82. The van der Waals surface area contributed by atoms with Gasteiger partial charge in [-0.05, 0) is 36.8 Å². The Balaban J connectivity index is 2.13. The van der Waals surface area contributed by atoms with Crippen molar-refractivity contribution in [1.82, 2.24) is 10.3 Å². The molecule has 4 nitrogen and oxygen atoms in total. The number of H-pyrrole nitrogens is 1. The summed E-state index contributed by atoms with van der Waals surface area (Å²) in [4.78, 5) is 25.8. The number of carbonyl (C=O) groups excluding carboxylic acids is 1. The molecule has 0 bridgehead atoms. The van der Waals surface area contributed by atoms with Crippen molar-refractivity contribution in [3.05, 3.63) is 69.9 Å². The second-order valence-corrected chi connectivity index (χ2v) is 4.16. The monoisotopic (exact) mass is 260 g/mol. The average Bonchev–Trinajstić information content (AvgIpc) is 2.39. The zero-order chi connectivity index (χ0) is 13.8. The molecule has 98 valence electrons. The summed E-state index contributed by atoms with van der Waals surface area (Å²) in [5, 5.41) is 2.69. The second-order valence-electron chi connectivity index (χ2n) is 4.16. The Bertz CT molecular complexity index is 634. The van der Waals surface area contributed by atoms with Crippen LogP contribution in [0, 0.1) is 5.82 Å². The van der Waals surface area contributed by atoms with E-state index in [0.29, 0.717) is 0 Å². The normalized spacial score (nSPS) is 11.9. The molecule has 0 fully saturated rings. The number of hydrogen-bond acceptors (Lipinski definition) is 2. The molecule has 1 atom stereocenters. The fourth-order valence-electron chi connectivity index (χ4n) is 1.71. The SMILES string of the molecule is C[C@@H](NC(=O)c1ccc[nH]c1=O)c1ccc(F)cc1. The zero-order valence-corrected chi connectivity index (χ0v) is 10.3. The third-order valence-corrected chi connectivity index (χ3v) is 2.78. The molecule has 5 heteroatoms. The summed E-state index contributed by atoms with van der Waals surface area (Å²) in [5.41, 5.74) is 0.380. The third-order valence-electron chi connectivity index (χ3n) is 2.78. The van der Waals surface area contributed by atoms with E-state index in [4.69, 9.17) is 0 Å². The Morgan fingerprint density at radius 1 is 1.26 bits per heavy atom. The lowest BCUT2D eigenvalue weighted by Crippen LogP contribution is -2.31. The van der Waals surface area contributed by atoms with Gasteiger partial charge in [0.1, 0.15) is 11.4 Å². The fourth-order valence-corrected chi connectivity index (χ4v) is 1.71. The number of benzene rings is 1. The van der Waals surface area contributed by atoms with Gasteiger partial charge in [-0.1, -0.05) is 12.1 Å². The molecule has 2 aromatic rings. The van der Waals surface area contributed by atoms with Crippen LogP contribution in [0.4, 0.5) is 4.39 Å². The summed E-state index contributed by atoms with van der Waals surface area (Å²) in [7, 11) is 0. The molecule has 0 aliphatic heterocycles. The van der Waals surface area contributed by atoms with Crippen molar-refractivity contribution in [3.8, 4) is 0 Å². The maximum absolute atomic E-state index is 12.8. The minimum absolute atomic E-state index is 0.0523. The van der Waals surface area contributed by atoms with Gasteiger partial charge >= 0.3 is 0 Å². The van der Waals surface area contributed by atoms with Crippen LogP contribution >= 0.6 is 0 Å². The molecular weight excluding hydrogens is 247 g/mol. The number of halogens is 1. The number of hydrogen-bond donors (Lipinski definition) is 2. The number of nitrogens with one attached hydrogen (secondary N) is 2. The van der Waals surface area contributed by atoms with Crippen LogP contribution in [-0.2, 0) is 0 Å². The van der Waals surface area contributed by atoms with Gasteiger partial charge in [-0.2, -0.15) is 0 Å². The van der Waals surface area contributed by atoms with Crippen molar-refractivity contribution in [2.75, 3.05) is 0 Å². The smallest absolute Gasteiger partial charge is 0.260 e. The Hall–Kier alpha value is -2.43. The van der Waals surface area contributed by atoms with Gasteiger partial charge in [0, 0.05) is 6.20 Å². The molecular formula is C14H13FN2O2. The average molecular weight is 260 g/mol. The van der Waals surface area contributed by atoms with Crippen LogP contribution in [0.1, 0.15) is 28.9 Å². The van der Waals surface area contributed by atoms with Gasteiger partial charge in [0.05, 0.1) is 6.04 Å². The fraction of sp³-hybridized carbons (Fsp3) is 0.143. The van der Waals surface area contributed by atoms with E-state index in [-0.39, 0.29) is 17.4 Å². The molecule has 1 heterocycles. The molecule has 0 aliphatic rings. The highest BCUT2D eigenvalue weighted by molar-refractivity contribution is 5.93. The van der Waals surface area contributed by atoms with Crippen molar-refractivity contribution in [3.63, 3.8) is 0 Å². The van der Waals surface area contributed by atoms with Crippen LogP contribution < -0.4 is 10.9 Å². The minimum atomic E-state index is -0.460. The van der Waals surface area contributed by atoms with E-state index in [1.807, 2.05) is 0 Å². The third kappa shape index (κ3) is 3.07. The standard InChI is InChI=1S/C14H13FN2O2/c1-9(10-4-6-11(15)7-5-10)17-14(19)12-3-2-8-16-13(12)18/h2-9H,1H3,(H,16,18)(H,17,19)/t9-/m1/s1. The quantitative estimate of drug-likeness (QED) is 0.886. The molecule has 0 saturated carbocycles. The topological polar surface area (TPSA) is 62.0 Å². The van der Waals surface area contributed by atoms with Crippen LogP contribution in [-0.4, -0.2) is 10.9 Å². The lowest BCUT2D eigenvalue weighted by atomic mass is 10.1. The Morgan fingerprint density at radius 2 is 1.95 bits per heavy atom. The van der Waals surface area contributed by atoms with E-state index in [1.54, 1.807) is 25.1 Å². The van der Waals surface area contributed by atoms with Crippen molar-refractivity contribution in [1.29, 1.82) is 0 Å². The summed E-state index contributed by atoms with van der Waals surface area (Å²) in [6.45, 7) is 1.77. The number of carbonyl (C=O) groups is 1. The van der Waals surface area contributed by atoms with Crippen LogP contribution in [0.2, 0.25) is 0 Å². The molecule has 0 unspecified atom stereocenters. The van der Waals surface area contributed by atoms with E-state index < -0.39 is 11.5 Å². The summed E-state index contributed by atoms with van der Waals surface area (Å²) in [5.74, 6) is -0.791. The Morgan fingerprint density at radius 3 is 2.58 bits per heavy atom. The molecule has 2 N–H and O–H groups in total. The van der Waals surface area contributed by atoms with Gasteiger partial charge in [0.25, 0.3) is 11.5 Å². The highest BCUT2D eigenvalue weighted by Crippen LogP contribution is 2.13. The van der Waals surface area contributed by atoms with Gasteiger partial charge in [-0.25, -0.2) is 4.39 Å². The Labute approximate surface area is 109 Å². The molecule has 0 aliphatic carbocycles. The molecule has 1 aromatic heterocycles. The van der Waals surface area contributed by atoms with Gasteiger partial charge in [-0.3, -0.25) is 9.59 Å².